The van der Waals surface area contributed by atoms with Crippen molar-refractivity contribution < 1.29 is 38.1 Å². The zero-order valence-corrected chi connectivity index (χ0v) is 15.2. The van der Waals surface area contributed by atoms with Gasteiger partial charge in [-0.1, -0.05) is 25.3 Å². The van der Waals surface area contributed by atoms with Gasteiger partial charge in [-0.3, -0.25) is 9.59 Å². The van der Waals surface area contributed by atoms with Gasteiger partial charge in [-0.2, -0.15) is 0 Å². The van der Waals surface area contributed by atoms with Gasteiger partial charge >= 0.3 is 23.9 Å². The second kappa shape index (κ2) is 13.6. The largest absolute Gasteiger partial charge is 0.459 e. The molecule has 0 aliphatic carbocycles. The van der Waals surface area contributed by atoms with E-state index in [4.69, 9.17) is 18.9 Å². The lowest BCUT2D eigenvalue weighted by Gasteiger charge is -2.12. The van der Waals surface area contributed by atoms with Crippen LogP contribution in [0.5, 0.6) is 0 Å². The predicted molar refractivity (Wildman–Crippen MR) is 91.9 cm³/mol. The molecule has 0 aromatic rings. The second-order valence-corrected chi connectivity index (χ2v) is 5.31. The molecule has 0 amide bonds. The Balaban J connectivity index is 3.93. The Bertz CT molecular complexity index is 465. The molecule has 0 heterocycles. The van der Waals surface area contributed by atoms with E-state index in [0.29, 0.717) is 12.8 Å². The van der Waals surface area contributed by atoms with Gasteiger partial charge < -0.3 is 18.9 Å². The molecule has 0 saturated carbocycles. The van der Waals surface area contributed by atoms with Crippen molar-refractivity contribution >= 4 is 23.9 Å². The predicted octanol–water partition coefficient (Wildman–Crippen LogP) is 1.87. The minimum Gasteiger partial charge on any atom is -0.459 e. The summed E-state index contributed by atoms with van der Waals surface area (Å²) in [5.41, 5.74) is 0. The van der Waals surface area contributed by atoms with E-state index in [9.17, 15) is 19.2 Å². The van der Waals surface area contributed by atoms with E-state index in [1.54, 1.807) is 0 Å². The van der Waals surface area contributed by atoms with E-state index < -0.39 is 36.1 Å². The highest BCUT2D eigenvalue weighted by atomic mass is 16.6. The topological polar surface area (TPSA) is 105 Å². The van der Waals surface area contributed by atoms with Gasteiger partial charge in [-0.05, 0) is 26.7 Å². The summed E-state index contributed by atoms with van der Waals surface area (Å²) < 4.78 is 19.3. The molecule has 0 aromatic heterocycles. The molecule has 26 heavy (non-hydrogen) atoms. The third-order valence-electron chi connectivity index (χ3n) is 2.98. The summed E-state index contributed by atoms with van der Waals surface area (Å²) in [5, 5.41) is 0. The van der Waals surface area contributed by atoms with Crippen molar-refractivity contribution in [2.45, 2.75) is 51.7 Å². The Morgan fingerprint density at radius 3 is 1.42 bits per heavy atom. The van der Waals surface area contributed by atoms with Crippen LogP contribution in [0.4, 0.5) is 0 Å². The fourth-order valence-electron chi connectivity index (χ4n) is 1.66. The highest BCUT2D eigenvalue weighted by Gasteiger charge is 2.20. The molecule has 0 fully saturated rings. The molecule has 0 N–H and O–H groups in total. The molecule has 0 aromatic carbocycles. The number of esters is 4. The van der Waals surface area contributed by atoms with Gasteiger partial charge in [0, 0.05) is 12.8 Å². The van der Waals surface area contributed by atoms with Crippen LogP contribution in [0.15, 0.2) is 25.3 Å². The Morgan fingerprint density at radius 1 is 0.769 bits per heavy atom. The van der Waals surface area contributed by atoms with Gasteiger partial charge in [0.25, 0.3) is 0 Å². The van der Waals surface area contributed by atoms with Gasteiger partial charge in [-0.25, -0.2) is 9.59 Å². The van der Waals surface area contributed by atoms with Gasteiger partial charge in [0.2, 0.25) is 0 Å². The number of carbonyl (C=O) groups is 4. The average Bonchev–Trinajstić information content (AvgIpc) is 2.60. The van der Waals surface area contributed by atoms with Crippen molar-refractivity contribution in [1.82, 2.24) is 0 Å². The molecular weight excluding hydrogens is 344 g/mol. The van der Waals surface area contributed by atoms with Crippen molar-refractivity contribution in [2.75, 3.05) is 13.2 Å². The summed E-state index contributed by atoms with van der Waals surface area (Å²) in [6.45, 7) is 9.72. The van der Waals surface area contributed by atoms with Crippen LogP contribution < -0.4 is 0 Å². The van der Waals surface area contributed by atoms with Crippen molar-refractivity contribution in [3.05, 3.63) is 25.3 Å². The lowest BCUT2D eigenvalue weighted by molar-refractivity contribution is -0.166. The quantitative estimate of drug-likeness (QED) is 0.209. The number of rotatable bonds is 13. The Hall–Kier alpha value is -2.64. The van der Waals surface area contributed by atoms with Gasteiger partial charge in [-0.15, -0.1) is 0 Å². The van der Waals surface area contributed by atoms with Crippen LogP contribution in [-0.2, 0) is 38.1 Å². The Morgan fingerprint density at radius 2 is 1.12 bits per heavy atom. The van der Waals surface area contributed by atoms with Crippen molar-refractivity contribution in [2.24, 2.45) is 0 Å². The van der Waals surface area contributed by atoms with Crippen molar-refractivity contribution in [3.8, 4) is 0 Å². The molecule has 0 bridgehead atoms. The highest BCUT2D eigenvalue weighted by molar-refractivity contribution is 5.79. The van der Waals surface area contributed by atoms with Crippen LogP contribution in [0.2, 0.25) is 0 Å². The summed E-state index contributed by atoms with van der Waals surface area (Å²) >= 11 is 0. The third kappa shape index (κ3) is 11.0. The second-order valence-electron chi connectivity index (χ2n) is 5.31. The molecule has 8 nitrogen and oxygen atoms in total. The summed E-state index contributed by atoms with van der Waals surface area (Å²) in [5.74, 6) is -2.44. The number of unbranched alkanes of at least 4 members (excludes halogenated alkanes) is 1. The molecule has 0 radical (unpaired) electrons. The SMILES string of the molecule is C=CCOC(=O)[C@H](C)OC(=O)CCCCC(=O)O[C@@H](C)C(=O)OCC=C. The molecule has 0 spiro atoms. The fourth-order valence-corrected chi connectivity index (χ4v) is 1.66. The van der Waals surface area contributed by atoms with Crippen molar-refractivity contribution in [3.63, 3.8) is 0 Å². The van der Waals surface area contributed by atoms with Crippen LogP contribution in [0.25, 0.3) is 0 Å². The lowest BCUT2D eigenvalue weighted by Crippen LogP contribution is -2.26. The first-order chi connectivity index (χ1) is 12.3. The molecular formula is C18H26O8. The van der Waals surface area contributed by atoms with E-state index in [-0.39, 0.29) is 26.1 Å². The minimum absolute atomic E-state index is 0.0440. The summed E-state index contributed by atoms with van der Waals surface area (Å²) in [7, 11) is 0. The first-order valence-electron chi connectivity index (χ1n) is 8.25. The zero-order valence-electron chi connectivity index (χ0n) is 15.2. The maximum Gasteiger partial charge on any atom is 0.347 e. The molecule has 0 unspecified atom stereocenters. The van der Waals surface area contributed by atoms with E-state index in [1.807, 2.05) is 0 Å². The standard InChI is InChI=1S/C18H26O8/c1-5-11-23-17(21)13(3)25-15(19)9-7-8-10-16(20)26-14(4)18(22)24-12-6-2/h5-6,13-14H,1-2,7-12H2,3-4H3/t13-,14-/m0/s1. The number of hydrogen-bond acceptors (Lipinski definition) is 8. The highest BCUT2D eigenvalue weighted by Crippen LogP contribution is 2.07. The van der Waals surface area contributed by atoms with E-state index >= 15 is 0 Å². The summed E-state index contributed by atoms with van der Waals surface area (Å²) in [6, 6.07) is 0. The molecule has 0 saturated heterocycles. The number of carbonyl (C=O) groups excluding carboxylic acids is 4. The van der Waals surface area contributed by atoms with Crippen LogP contribution in [-0.4, -0.2) is 49.3 Å². The third-order valence-corrected chi connectivity index (χ3v) is 2.98. The van der Waals surface area contributed by atoms with E-state index in [0.717, 1.165) is 0 Å². The smallest absolute Gasteiger partial charge is 0.347 e. The van der Waals surface area contributed by atoms with E-state index in [2.05, 4.69) is 13.2 Å². The lowest BCUT2D eigenvalue weighted by atomic mass is 10.2. The Kier molecular flexibility index (Phi) is 12.2. The molecule has 2 atom stereocenters. The van der Waals surface area contributed by atoms with Crippen LogP contribution in [0.3, 0.4) is 0 Å². The maximum atomic E-state index is 11.6. The summed E-state index contributed by atoms with van der Waals surface area (Å²) in [4.78, 5) is 46.1. The monoisotopic (exact) mass is 370 g/mol. The Labute approximate surface area is 153 Å². The van der Waals surface area contributed by atoms with Gasteiger partial charge in [0.1, 0.15) is 13.2 Å². The molecule has 0 rings (SSSR count). The van der Waals surface area contributed by atoms with Crippen molar-refractivity contribution in [1.29, 1.82) is 0 Å². The first-order valence-corrected chi connectivity index (χ1v) is 8.25. The number of hydrogen-bond donors (Lipinski definition) is 0. The molecule has 146 valence electrons. The van der Waals surface area contributed by atoms with E-state index in [1.165, 1.54) is 26.0 Å². The van der Waals surface area contributed by atoms with Crippen LogP contribution in [0, 0.1) is 0 Å². The van der Waals surface area contributed by atoms with Gasteiger partial charge in [0.05, 0.1) is 0 Å². The average molecular weight is 370 g/mol. The van der Waals surface area contributed by atoms with Crippen LogP contribution >= 0.6 is 0 Å². The minimum atomic E-state index is -1.00. The van der Waals surface area contributed by atoms with Gasteiger partial charge in [0.15, 0.2) is 12.2 Å². The molecule has 8 heteroatoms. The number of ether oxygens (including phenoxy) is 4. The van der Waals surface area contributed by atoms with Crippen LogP contribution in [0.1, 0.15) is 39.5 Å². The zero-order chi connectivity index (χ0) is 19.9. The maximum absolute atomic E-state index is 11.6. The fraction of sp³-hybridized carbons (Fsp3) is 0.556. The first kappa shape index (κ1) is 23.4. The normalized spacial score (nSPS) is 12.2. The molecule has 0 aliphatic rings. The summed E-state index contributed by atoms with van der Waals surface area (Å²) in [6.07, 6.45) is 1.64. The molecule has 0 aliphatic heterocycles.